The highest BCUT2D eigenvalue weighted by atomic mass is 35.5. The Hall–Kier alpha value is -2.05. The summed E-state index contributed by atoms with van der Waals surface area (Å²) >= 11 is 6.05. The van der Waals surface area contributed by atoms with Gasteiger partial charge in [0, 0.05) is 23.7 Å². The van der Waals surface area contributed by atoms with Crippen molar-refractivity contribution in [2.75, 3.05) is 16.2 Å². The lowest BCUT2D eigenvalue weighted by Crippen LogP contribution is -2.24. The first-order valence-electron chi connectivity index (χ1n) is 7.98. The van der Waals surface area contributed by atoms with Crippen LogP contribution < -0.4 is 9.62 Å². The number of rotatable bonds is 4. The Kier molecular flexibility index (Phi) is 4.75. The molecule has 0 unspecified atom stereocenters. The minimum Gasteiger partial charge on any atom is -0.312 e. The normalized spacial score (nSPS) is 14.8. The number of carbonyl (C=O) groups is 1. The lowest BCUT2D eigenvalue weighted by Gasteiger charge is -2.19. The van der Waals surface area contributed by atoms with Crippen molar-refractivity contribution < 1.29 is 13.2 Å². The number of sulfonamides is 1. The largest absolute Gasteiger partial charge is 0.312 e. The van der Waals surface area contributed by atoms with Crippen LogP contribution in [0.5, 0.6) is 0 Å². The van der Waals surface area contributed by atoms with Crippen LogP contribution in [0.1, 0.15) is 24.0 Å². The molecule has 0 saturated carbocycles. The van der Waals surface area contributed by atoms with Crippen LogP contribution in [-0.2, 0) is 14.8 Å². The average molecular weight is 379 g/mol. The van der Waals surface area contributed by atoms with E-state index >= 15 is 0 Å². The Morgan fingerprint density at radius 3 is 2.44 bits per heavy atom. The zero-order valence-electron chi connectivity index (χ0n) is 14.0. The van der Waals surface area contributed by atoms with Crippen LogP contribution in [0.25, 0.3) is 0 Å². The van der Waals surface area contributed by atoms with Crippen LogP contribution in [0, 0.1) is 13.8 Å². The van der Waals surface area contributed by atoms with Crippen LogP contribution in [0.2, 0.25) is 5.02 Å². The number of benzene rings is 2. The molecule has 0 atom stereocenters. The van der Waals surface area contributed by atoms with Crippen molar-refractivity contribution >= 4 is 38.9 Å². The summed E-state index contributed by atoms with van der Waals surface area (Å²) in [6, 6.07) is 9.80. The molecule has 0 spiro atoms. The second kappa shape index (κ2) is 6.69. The Bertz CT molecular complexity index is 941. The Morgan fingerprint density at radius 2 is 1.84 bits per heavy atom. The molecule has 2 aromatic rings. The maximum absolute atomic E-state index is 12.6. The van der Waals surface area contributed by atoms with E-state index in [4.69, 9.17) is 11.6 Å². The summed E-state index contributed by atoms with van der Waals surface area (Å²) in [5, 5.41) is 0.499. The van der Waals surface area contributed by atoms with E-state index in [0.717, 1.165) is 23.2 Å². The molecule has 132 valence electrons. The first-order valence-corrected chi connectivity index (χ1v) is 9.84. The molecule has 1 heterocycles. The van der Waals surface area contributed by atoms with Gasteiger partial charge in [-0.05, 0) is 61.7 Å². The van der Waals surface area contributed by atoms with E-state index in [1.54, 1.807) is 35.2 Å². The van der Waals surface area contributed by atoms with Gasteiger partial charge >= 0.3 is 0 Å². The second-order valence-electron chi connectivity index (χ2n) is 6.17. The molecule has 1 fully saturated rings. The number of anilines is 2. The number of nitrogens with zero attached hydrogens (tertiary/aromatic N) is 1. The van der Waals surface area contributed by atoms with Gasteiger partial charge in [0.05, 0.1) is 10.6 Å². The fourth-order valence-corrected chi connectivity index (χ4v) is 4.19. The topological polar surface area (TPSA) is 66.5 Å². The highest BCUT2D eigenvalue weighted by molar-refractivity contribution is 7.92. The van der Waals surface area contributed by atoms with E-state index in [0.29, 0.717) is 23.7 Å². The number of amides is 1. The van der Waals surface area contributed by atoms with Crippen molar-refractivity contribution in [3.05, 3.63) is 52.5 Å². The van der Waals surface area contributed by atoms with Crippen LogP contribution in [0.3, 0.4) is 0 Å². The molecular formula is C18H19ClN2O3S. The van der Waals surface area contributed by atoms with Crippen molar-refractivity contribution in [1.29, 1.82) is 0 Å². The molecular weight excluding hydrogens is 360 g/mol. The summed E-state index contributed by atoms with van der Waals surface area (Å²) in [6.45, 7) is 4.33. The molecule has 5 nitrogen and oxygen atoms in total. The molecule has 2 aromatic carbocycles. The van der Waals surface area contributed by atoms with E-state index in [2.05, 4.69) is 4.72 Å². The molecule has 1 aliphatic heterocycles. The zero-order chi connectivity index (χ0) is 18.2. The first-order chi connectivity index (χ1) is 11.8. The molecule has 7 heteroatoms. The third-order valence-electron chi connectivity index (χ3n) is 4.27. The van der Waals surface area contributed by atoms with Crippen molar-refractivity contribution in [3.8, 4) is 0 Å². The Labute approximate surface area is 152 Å². The fourth-order valence-electron chi connectivity index (χ4n) is 2.87. The molecule has 0 aliphatic carbocycles. The monoisotopic (exact) mass is 378 g/mol. The number of halogens is 1. The molecule has 0 aromatic heterocycles. The van der Waals surface area contributed by atoms with Crippen LogP contribution in [0.15, 0.2) is 41.3 Å². The van der Waals surface area contributed by atoms with Gasteiger partial charge in [0.15, 0.2) is 0 Å². The predicted molar refractivity (Wildman–Crippen MR) is 99.8 cm³/mol. The quantitative estimate of drug-likeness (QED) is 0.877. The standard InChI is InChI=1S/C18H19ClN2O3S/c1-12-5-6-14(11-16(12)19)20-25(23,24)15-7-8-17(13(2)10-15)21-9-3-4-18(21)22/h5-8,10-11,20H,3-4,9H2,1-2H3. The molecule has 0 bridgehead atoms. The van der Waals surface area contributed by atoms with E-state index in [9.17, 15) is 13.2 Å². The minimum atomic E-state index is -3.73. The Morgan fingerprint density at radius 1 is 1.08 bits per heavy atom. The van der Waals surface area contributed by atoms with Crippen molar-refractivity contribution in [1.82, 2.24) is 0 Å². The number of aryl methyl sites for hydroxylation is 2. The fraction of sp³-hybridized carbons (Fsp3) is 0.278. The van der Waals surface area contributed by atoms with Gasteiger partial charge in [-0.2, -0.15) is 0 Å². The van der Waals surface area contributed by atoms with Crippen LogP contribution in [0.4, 0.5) is 11.4 Å². The van der Waals surface area contributed by atoms with Gasteiger partial charge in [-0.3, -0.25) is 9.52 Å². The van der Waals surface area contributed by atoms with E-state index in [1.165, 1.54) is 6.07 Å². The maximum atomic E-state index is 12.6. The van der Waals surface area contributed by atoms with Gasteiger partial charge < -0.3 is 4.90 Å². The van der Waals surface area contributed by atoms with Crippen LogP contribution >= 0.6 is 11.6 Å². The highest BCUT2D eigenvalue weighted by Crippen LogP contribution is 2.28. The third kappa shape index (κ3) is 3.65. The predicted octanol–water partition coefficient (Wildman–Crippen LogP) is 3.88. The van der Waals surface area contributed by atoms with Gasteiger partial charge in [0.1, 0.15) is 0 Å². The third-order valence-corrected chi connectivity index (χ3v) is 6.05. The summed E-state index contributed by atoms with van der Waals surface area (Å²) in [5.41, 5.74) is 2.80. The number of hydrogen-bond acceptors (Lipinski definition) is 3. The molecule has 1 amide bonds. The van der Waals surface area contributed by atoms with Gasteiger partial charge in [0.25, 0.3) is 10.0 Å². The maximum Gasteiger partial charge on any atom is 0.261 e. The van der Waals surface area contributed by atoms with E-state index < -0.39 is 10.0 Å². The lowest BCUT2D eigenvalue weighted by atomic mass is 10.2. The summed E-state index contributed by atoms with van der Waals surface area (Å²) in [6.07, 6.45) is 1.36. The highest BCUT2D eigenvalue weighted by Gasteiger charge is 2.24. The van der Waals surface area contributed by atoms with Gasteiger partial charge in [-0.15, -0.1) is 0 Å². The number of hydrogen-bond donors (Lipinski definition) is 1. The molecule has 1 aliphatic rings. The molecule has 1 N–H and O–H groups in total. The van der Waals surface area contributed by atoms with Gasteiger partial charge in [-0.1, -0.05) is 17.7 Å². The van der Waals surface area contributed by atoms with Gasteiger partial charge in [0.2, 0.25) is 5.91 Å². The molecule has 25 heavy (non-hydrogen) atoms. The molecule has 3 rings (SSSR count). The summed E-state index contributed by atoms with van der Waals surface area (Å²) in [7, 11) is -3.73. The lowest BCUT2D eigenvalue weighted by molar-refractivity contribution is -0.117. The van der Waals surface area contributed by atoms with Crippen LogP contribution in [-0.4, -0.2) is 20.9 Å². The SMILES string of the molecule is Cc1ccc(NS(=O)(=O)c2ccc(N3CCCC3=O)c(C)c2)cc1Cl. The van der Waals surface area contributed by atoms with Crippen molar-refractivity contribution in [2.45, 2.75) is 31.6 Å². The van der Waals surface area contributed by atoms with E-state index in [1.807, 2.05) is 13.8 Å². The first kappa shape index (κ1) is 17.8. The smallest absolute Gasteiger partial charge is 0.261 e. The van der Waals surface area contributed by atoms with Crippen molar-refractivity contribution in [3.63, 3.8) is 0 Å². The minimum absolute atomic E-state index is 0.0751. The van der Waals surface area contributed by atoms with E-state index in [-0.39, 0.29) is 10.8 Å². The summed E-state index contributed by atoms with van der Waals surface area (Å²) < 4.78 is 27.8. The molecule has 0 radical (unpaired) electrons. The molecule has 1 saturated heterocycles. The second-order valence-corrected chi connectivity index (χ2v) is 8.26. The summed E-state index contributed by atoms with van der Waals surface area (Å²) in [5.74, 6) is 0.0751. The van der Waals surface area contributed by atoms with Crippen molar-refractivity contribution in [2.24, 2.45) is 0 Å². The van der Waals surface area contributed by atoms with Gasteiger partial charge in [-0.25, -0.2) is 8.42 Å². The average Bonchev–Trinajstić information content (AvgIpc) is 2.96. The number of carbonyl (C=O) groups excluding carboxylic acids is 1. The Balaban J connectivity index is 1.88. The zero-order valence-corrected chi connectivity index (χ0v) is 15.6. The summed E-state index contributed by atoms with van der Waals surface area (Å²) in [4.78, 5) is 13.7. The number of nitrogens with one attached hydrogen (secondary N) is 1.